The van der Waals surface area contributed by atoms with Gasteiger partial charge in [0.15, 0.2) is 0 Å². The number of hydrogen-bond donors (Lipinski definition) is 2. The van der Waals surface area contributed by atoms with E-state index in [0.717, 1.165) is 11.3 Å². The molecule has 2 rings (SSSR count). The fourth-order valence-electron chi connectivity index (χ4n) is 1.93. The minimum absolute atomic E-state index is 0.115. The van der Waals surface area contributed by atoms with Crippen molar-refractivity contribution >= 4 is 23.2 Å². The third-order valence-corrected chi connectivity index (χ3v) is 3.36. The van der Waals surface area contributed by atoms with Crippen LogP contribution in [0.3, 0.4) is 0 Å². The van der Waals surface area contributed by atoms with Gasteiger partial charge in [-0.05, 0) is 24.6 Å². The lowest BCUT2D eigenvalue weighted by Gasteiger charge is -2.15. The first-order valence-electron chi connectivity index (χ1n) is 6.44. The summed E-state index contributed by atoms with van der Waals surface area (Å²) in [5.74, 6) is -0.492. The number of rotatable bonds is 5. The molecule has 112 valence electrons. The Labute approximate surface area is 127 Å². The van der Waals surface area contributed by atoms with Crippen LogP contribution in [0, 0.1) is 5.82 Å². The summed E-state index contributed by atoms with van der Waals surface area (Å²) in [6.45, 7) is 2.07. The second kappa shape index (κ2) is 6.58. The number of amides is 1. The van der Waals surface area contributed by atoms with Crippen molar-refractivity contribution in [3.63, 3.8) is 0 Å². The van der Waals surface area contributed by atoms with Gasteiger partial charge in [-0.2, -0.15) is 5.10 Å². The normalized spacial score (nSPS) is 12.0. The van der Waals surface area contributed by atoms with E-state index in [0.29, 0.717) is 5.02 Å². The fraction of sp³-hybridized carbons (Fsp3) is 0.286. The van der Waals surface area contributed by atoms with E-state index in [4.69, 9.17) is 11.6 Å². The third-order valence-electron chi connectivity index (χ3n) is 3.03. The number of hydrogen-bond acceptors (Lipinski definition) is 3. The van der Waals surface area contributed by atoms with Crippen molar-refractivity contribution in [1.82, 2.24) is 15.1 Å². The molecule has 1 amide bonds. The Morgan fingerprint density at radius 2 is 2.29 bits per heavy atom. The van der Waals surface area contributed by atoms with Crippen molar-refractivity contribution in [3.05, 3.63) is 47.0 Å². The van der Waals surface area contributed by atoms with E-state index < -0.39 is 0 Å². The monoisotopic (exact) mass is 310 g/mol. The zero-order valence-corrected chi connectivity index (χ0v) is 12.5. The Bertz CT molecular complexity index is 644. The van der Waals surface area contributed by atoms with Crippen LogP contribution < -0.4 is 10.6 Å². The average Bonchev–Trinajstić information content (AvgIpc) is 2.85. The molecule has 1 atom stereocenters. The number of benzene rings is 1. The maximum Gasteiger partial charge on any atom is 0.241 e. The highest BCUT2D eigenvalue weighted by atomic mass is 35.5. The molecule has 0 bridgehead atoms. The van der Waals surface area contributed by atoms with Crippen LogP contribution in [0.1, 0.15) is 18.5 Å². The predicted octanol–water partition coefficient (Wildman–Crippen LogP) is 2.59. The summed E-state index contributed by atoms with van der Waals surface area (Å²) in [6, 6.07) is 4.18. The van der Waals surface area contributed by atoms with Crippen LogP contribution in [-0.2, 0) is 11.3 Å². The average molecular weight is 311 g/mol. The molecule has 1 unspecified atom stereocenters. The van der Waals surface area contributed by atoms with Crippen molar-refractivity contribution < 1.29 is 9.18 Å². The van der Waals surface area contributed by atoms with E-state index in [-0.39, 0.29) is 24.3 Å². The van der Waals surface area contributed by atoms with Crippen LogP contribution in [0.15, 0.2) is 30.6 Å². The molecule has 1 heterocycles. The molecule has 0 aliphatic heterocycles. The van der Waals surface area contributed by atoms with Crippen molar-refractivity contribution in [2.75, 3.05) is 12.4 Å². The molecule has 2 N–H and O–H groups in total. The van der Waals surface area contributed by atoms with Gasteiger partial charge in [0.1, 0.15) is 12.4 Å². The quantitative estimate of drug-likeness (QED) is 0.892. The molecular formula is C14H16ClFN4O. The van der Waals surface area contributed by atoms with E-state index in [1.165, 1.54) is 16.8 Å². The Morgan fingerprint density at radius 1 is 1.52 bits per heavy atom. The molecule has 2 aromatic rings. The van der Waals surface area contributed by atoms with Gasteiger partial charge in [0.2, 0.25) is 5.91 Å². The van der Waals surface area contributed by atoms with Crippen molar-refractivity contribution in [2.45, 2.75) is 19.5 Å². The summed E-state index contributed by atoms with van der Waals surface area (Å²) in [7, 11) is 1.57. The molecule has 0 radical (unpaired) electrons. The summed E-state index contributed by atoms with van der Waals surface area (Å²) in [5.41, 5.74) is 1.55. The number of carbonyl (C=O) groups is 1. The summed E-state index contributed by atoms with van der Waals surface area (Å²) in [5, 5.41) is 10.2. The van der Waals surface area contributed by atoms with Gasteiger partial charge in [-0.25, -0.2) is 4.39 Å². The highest BCUT2D eigenvalue weighted by Crippen LogP contribution is 2.26. The summed E-state index contributed by atoms with van der Waals surface area (Å²) < 4.78 is 14.6. The topological polar surface area (TPSA) is 59.0 Å². The maximum absolute atomic E-state index is 13.0. The van der Waals surface area contributed by atoms with E-state index >= 15 is 0 Å². The Kier molecular flexibility index (Phi) is 4.80. The van der Waals surface area contributed by atoms with Crippen LogP contribution >= 0.6 is 11.6 Å². The first-order chi connectivity index (χ1) is 9.99. The molecular weight excluding hydrogens is 295 g/mol. The van der Waals surface area contributed by atoms with Gasteiger partial charge in [-0.3, -0.25) is 9.48 Å². The molecule has 5 nitrogen and oxygen atoms in total. The highest BCUT2D eigenvalue weighted by molar-refractivity contribution is 6.31. The van der Waals surface area contributed by atoms with Crippen LogP contribution in [0.25, 0.3) is 0 Å². The minimum atomic E-state index is -0.366. The Hall–Kier alpha value is -2.08. The second-order valence-electron chi connectivity index (χ2n) is 4.63. The number of anilines is 1. The van der Waals surface area contributed by atoms with E-state index in [1.54, 1.807) is 25.5 Å². The van der Waals surface area contributed by atoms with Gasteiger partial charge in [-0.1, -0.05) is 17.7 Å². The Balaban J connectivity index is 2.05. The van der Waals surface area contributed by atoms with Crippen LogP contribution in [0.5, 0.6) is 0 Å². The number of nitrogens with one attached hydrogen (secondary N) is 2. The molecule has 21 heavy (non-hydrogen) atoms. The SMILES string of the molecule is CNC(=O)Cn1cc(NC(C)c2ccc(F)cc2Cl)cn1. The number of aromatic nitrogens is 2. The maximum atomic E-state index is 13.0. The Morgan fingerprint density at radius 3 is 2.95 bits per heavy atom. The molecule has 0 saturated carbocycles. The molecule has 0 spiro atoms. The van der Waals surface area contributed by atoms with Gasteiger partial charge in [0.25, 0.3) is 0 Å². The molecule has 1 aromatic carbocycles. The third kappa shape index (κ3) is 3.95. The summed E-state index contributed by atoms with van der Waals surface area (Å²) >= 11 is 6.03. The molecule has 0 aliphatic rings. The smallest absolute Gasteiger partial charge is 0.241 e. The molecule has 1 aromatic heterocycles. The minimum Gasteiger partial charge on any atom is -0.376 e. The summed E-state index contributed by atoms with van der Waals surface area (Å²) in [6.07, 6.45) is 3.35. The molecule has 0 fully saturated rings. The molecule has 0 saturated heterocycles. The number of carbonyl (C=O) groups excluding carboxylic acids is 1. The molecule has 0 aliphatic carbocycles. The van der Waals surface area contributed by atoms with Crippen LogP contribution in [0.2, 0.25) is 5.02 Å². The lowest BCUT2D eigenvalue weighted by atomic mass is 10.1. The lowest BCUT2D eigenvalue weighted by molar-refractivity contribution is -0.121. The predicted molar refractivity (Wildman–Crippen MR) is 79.7 cm³/mol. The van der Waals surface area contributed by atoms with Crippen molar-refractivity contribution in [3.8, 4) is 0 Å². The van der Waals surface area contributed by atoms with Gasteiger partial charge in [0.05, 0.1) is 17.9 Å². The van der Waals surface area contributed by atoms with Crippen LogP contribution in [0.4, 0.5) is 10.1 Å². The van der Waals surface area contributed by atoms with Crippen molar-refractivity contribution in [1.29, 1.82) is 0 Å². The molecule has 7 heteroatoms. The largest absolute Gasteiger partial charge is 0.376 e. The zero-order chi connectivity index (χ0) is 15.4. The van der Waals surface area contributed by atoms with Crippen LogP contribution in [-0.4, -0.2) is 22.7 Å². The van der Waals surface area contributed by atoms with E-state index in [9.17, 15) is 9.18 Å². The van der Waals surface area contributed by atoms with Gasteiger partial charge in [0, 0.05) is 18.3 Å². The van der Waals surface area contributed by atoms with E-state index in [2.05, 4.69) is 15.7 Å². The fourth-order valence-corrected chi connectivity index (χ4v) is 2.26. The zero-order valence-electron chi connectivity index (χ0n) is 11.7. The number of likely N-dealkylation sites (N-methyl/N-ethyl adjacent to an activating group) is 1. The number of nitrogens with zero attached hydrogens (tertiary/aromatic N) is 2. The van der Waals surface area contributed by atoms with Gasteiger partial charge in [-0.15, -0.1) is 0 Å². The first kappa shape index (κ1) is 15.3. The number of halogens is 2. The summed E-state index contributed by atoms with van der Waals surface area (Å²) in [4.78, 5) is 11.3. The van der Waals surface area contributed by atoms with Gasteiger partial charge < -0.3 is 10.6 Å². The standard InChI is InChI=1S/C14H16ClFN4O/c1-9(12-4-3-10(16)5-13(12)15)19-11-6-18-20(7-11)8-14(21)17-2/h3-7,9,19H,8H2,1-2H3,(H,17,21). The van der Waals surface area contributed by atoms with Gasteiger partial charge >= 0.3 is 0 Å². The second-order valence-corrected chi connectivity index (χ2v) is 5.04. The van der Waals surface area contributed by atoms with Crippen molar-refractivity contribution in [2.24, 2.45) is 0 Å². The lowest BCUT2D eigenvalue weighted by Crippen LogP contribution is -2.23. The highest BCUT2D eigenvalue weighted by Gasteiger charge is 2.11. The van der Waals surface area contributed by atoms with E-state index in [1.807, 2.05) is 6.92 Å². The first-order valence-corrected chi connectivity index (χ1v) is 6.82.